The lowest BCUT2D eigenvalue weighted by Gasteiger charge is -2.30. The van der Waals surface area contributed by atoms with Crippen LogP contribution >= 0.6 is 11.6 Å². The van der Waals surface area contributed by atoms with Gasteiger partial charge in [0.1, 0.15) is 5.21 Å². The van der Waals surface area contributed by atoms with Crippen LogP contribution in [0.1, 0.15) is 13.3 Å². The molecule has 78 valence electrons. The summed E-state index contributed by atoms with van der Waals surface area (Å²) in [5.41, 5.74) is 0. The molecule has 0 aliphatic carbocycles. The molecule has 0 spiro atoms. The molecule has 0 radical (unpaired) electrons. The van der Waals surface area contributed by atoms with Crippen LogP contribution < -0.4 is 0 Å². The average molecular weight is 228 g/mol. The van der Waals surface area contributed by atoms with E-state index in [1.165, 1.54) is 4.31 Å². The van der Waals surface area contributed by atoms with Gasteiger partial charge < -0.3 is 4.74 Å². The largest absolute Gasteiger partial charge is 0.375 e. The molecular formula is C7H14ClNO3S. The Morgan fingerprint density at radius 3 is 2.85 bits per heavy atom. The van der Waals surface area contributed by atoms with Crippen molar-refractivity contribution in [3.63, 3.8) is 0 Å². The first-order valence-electron chi connectivity index (χ1n) is 4.25. The number of nitrogens with zero attached hydrogens (tertiary/aromatic N) is 1. The Morgan fingerprint density at radius 2 is 2.31 bits per heavy atom. The summed E-state index contributed by atoms with van der Waals surface area (Å²) in [6.07, 6.45) is 0.848. The van der Waals surface area contributed by atoms with Crippen LogP contribution in [-0.2, 0) is 14.8 Å². The predicted octanol–water partition coefficient (Wildman–Crippen LogP) is 0.623. The van der Waals surface area contributed by atoms with E-state index in [1.807, 2.05) is 6.92 Å². The van der Waals surface area contributed by atoms with Crippen LogP contribution in [0.5, 0.6) is 0 Å². The fourth-order valence-electron chi connectivity index (χ4n) is 1.26. The van der Waals surface area contributed by atoms with Crippen molar-refractivity contribution in [3.8, 4) is 0 Å². The van der Waals surface area contributed by atoms with Crippen LogP contribution in [0.15, 0.2) is 0 Å². The third kappa shape index (κ3) is 2.80. The first-order chi connectivity index (χ1) is 6.10. The van der Waals surface area contributed by atoms with Crippen molar-refractivity contribution in [2.45, 2.75) is 19.4 Å². The van der Waals surface area contributed by atoms with Crippen molar-refractivity contribution in [1.82, 2.24) is 4.31 Å². The smallest absolute Gasteiger partial charge is 0.228 e. The molecule has 0 amide bonds. The second-order valence-electron chi connectivity index (χ2n) is 2.98. The van der Waals surface area contributed by atoms with Gasteiger partial charge in [-0.15, -0.1) is 11.6 Å². The minimum Gasteiger partial charge on any atom is -0.375 e. The highest BCUT2D eigenvalue weighted by atomic mass is 35.5. The lowest BCUT2D eigenvalue weighted by atomic mass is 10.2. The van der Waals surface area contributed by atoms with E-state index < -0.39 is 10.0 Å². The Bertz CT molecular complexity index is 254. The fourth-order valence-corrected chi connectivity index (χ4v) is 2.56. The Morgan fingerprint density at radius 1 is 1.62 bits per heavy atom. The van der Waals surface area contributed by atoms with Crippen molar-refractivity contribution in [2.24, 2.45) is 0 Å². The summed E-state index contributed by atoms with van der Waals surface area (Å²) < 4.78 is 29.5. The third-order valence-corrected chi connectivity index (χ3v) is 4.31. The maximum Gasteiger partial charge on any atom is 0.228 e. The van der Waals surface area contributed by atoms with Crippen LogP contribution in [0, 0.1) is 0 Å². The summed E-state index contributed by atoms with van der Waals surface area (Å²) in [5, 5.41) is -0.344. The number of morpholine rings is 1. The first kappa shape index (κ1) is 11.2. The van der Waals surface area contributed by atoms with Gasteiger partial charge in [-0.05, 0) is 6.42 Å². The number of halogens is 1. The van der Waals surface area contributed by atoms with Crippen molar-refractivity contribution < 1.29 is 13.2 Å². The highest BCUT2D eigenvalue weighted by Gasteiger charge is 2.27. The number of hydrogen-bond acceptors (Lipinski definition) is 3. The Labute approximate surface area is 83.9 Å². The number of rotatable bonds is 3. The third-order valence-electron chi connectivity index (χ3n) is 2.09. The van der Waals surface area contributed by atoms with Crippen molar-refractivity contribution in [1.29, 1.82) is 0 Å². The molecule has 1 rings (SSSR count). The molecule has 0 aromatic heterocycles. The fraction of sp³-hybridized carbons (Fsp3) is 1.00. The van der Waals surface area contributed by atoms with Gasteiger partial charge in [0.25, 0.3) is 0 Å². The average Bonchev–Trinajstić information content (AvgIpc) is 2.18. The van der Waals surface area contributed by atoms with E-state index in [2.05, 4.69) is 0 Å². The van der Waals surface area contributed by atoms with E-state index in [9.17, 15) is 8.42 Å². The summed E-state index contributed by atoms with van der Waals surface area (Å²) in [6.45, 7) is 3.30. The SMILES string of the molecule is CCC1CN(S(=O)(=O)CCl)CCO1. The molecule has 1 heterocycles. The van der Waals surface area contributed by atoms with Gasteiger partial charge in [0, 0.05) is 13.1 Å². The zero-order valence-electron chi connectivity index (χ0n) is 7.57. The van der Waals surface area contributed by atoms with E-state index >= 15 is 0 Å². The van der Waals surface area contributed by atoms with Gasteiger partial charge in [-0.25, -0.2) is 8.42 Å². The standard InChI is InChI=1S/C7H14ClNO3S/c1-2-7-5-9(3-4-12-7)13(10,11)6-8/h7H,2-6H2,1H3. The van der Waals surface area contributed by atoms with Gasteiger partial charge in [0.2, 0.25) is 10.0 Å². The van der Waals surface area contributed by atoms with E-state index in [1.54, 1.807) is 0 Å². The number of hydrogen-bond donors (Lipinski definition) is 0. The maximum absolute atomic E-state index is 11.4. The molecule has 1 atom stereocenters. The van der Waals surface area contributed by atoms with E-state index in [0.717, 1.165) is 6.42 Å². The second kappa shape index (κ2) is 4.59. The molecule has 1 aliphatic heterocycles. The van der Waals surface area contributed by atoms with Gasteiger partial charge >= 0.3 is 0 Å². The number of sulfonamides is 1. The van der Waals surface area contributed by atoms with E-state index in [-0.39, 0.29) is 11.3 Å². The molecule has 1 aliphatic rings. The van der Waals surface area contributed by atoms with Crippen molar-refractivity contribution in [2.75, 3.05) is 24.9 Å². The van der Waals surface area contributed by atoms with Crippen molar-refractivity contribution in [3.05, 3.63) is 0 Å². The van der Waals surface area contributed by atoms with E-state index in [4.69, 9.17) is 16.3 Å². The number of alkyl halides is 1. The molecule has 0 saturated carbocycles. The van der Waals surface area contributed by atoms with Crippen LogP contribution in [-0.4, -0.2) is 43.7 Å². The molecule has 0 N–H and O–H groups in total. The van der Waals surface area contributed by atoms with Gasteiger partial charge in [-0.3, -0.25) is 0 Å². The van der Waals surface area contributed by atoms with Gasteiger partial charge in [0.05, 0.1) is 12.7 Å². The summed E-state index contributed by atoms with van der Waals surface area (Å²) in [7, 11) is -3.25. The minimum atomic E-state index is -3.25. The Hall–Kier alpha value is 0.160. The number of ether oxygens (including phenoxy) is 1. The minimum absolute atomic E-state index is 0.0201. The van der Waals surface area contributed by atoms with Crippen LogP contribution in [0.4, 0.5) is 0 Å². The van der Waals surface area contributed by atoms with Gasteiger partial charge in [0.15, 0.2) is 0 Å². The highest BCUT2D eigenvalue weighted by molar-refractivity contribution is 7.90. The lowest BCUT2D eigenvalue weighted by Crippen LogP contribution is -2.45. The summed E-state index contributed by atoms with van der Waals surface area (Å²) in [5.74, 6) is 0. The second-order valence-corrected chi connectivity index (χ2v) is 5.53. The summed E-state index contributed by atoms with van der Waals surface area (Å²) in [6, 6.07) is 0. The molecule has 1 fully saturated rings. The van der Waals surface area contributed by atoms with Crippen molar-refractivity contribution >= 4 is 21.6 Å². The molecule has 4 nitrogen and oxygen atoms in total. The van der Waals surface area contributed by atoms with Crippen LogP contribution in [0.3, 0.4) is 0 Å². The topological polar surface area (TPSA) is 46.6 Å². The zero-order valence-corrected chi connectivity index (χ0v) is 9.14. The predicted molar refractivity (Wildman–Crippen MR) is 51.2 cm³/mol. The molecular weight excluding hydrogens is 214 g/mol. The highest BCUT2D eigenvalue weighted by Crippen LogP contribution is 2.13. The lowest BCUT2D eigenvalue weighted by molar-refractivity contribution is -0.00263. The molecule has 0 aromatic carbocycles. The maximum atomic E-state index is 11.4. The van der Waals surface area contributed by atoms with Gasteiger partial charge in [-0.1, -0.05) is 6.92 Å². The van der Waals surface area contributed by atoms with Crippen LogP contribution in [0.2, 0.25) is 0 Å². The summed E-state index contributed by atoms with van der Waals surface area (Å²) >= 11 is 5.35. The van der Waals surface area contributed by atoms with Gasteiger partial charge in [-0.2, -0.15) is 4.31 Å². The zero-order chi connectivity index (χ0) is 9.90. The Balaban J connectivity index is 2.61. The molecule has 6 heteroatoms. The quantitative estimate of drug-likeness (QED) is 0.665. The van der Waals surface area contributed by atoms with E-state index in [0.29, 0.717) is 19.7 Å². The molecule has 1 unspecified atom stereocenters. The molecule has 13 heavy (non-hydrogen) atoms. The normalized spacial score (nSPS) is 26.2. The Kier molecular flexibility index (Phi) is 3.97. The molecule has 0 aromatic rings. The first-order valence-corrected chi connectivity index (χ1v) is 6.40. The van der Waals surface area contributed by atoms with Crippen LogP contribution in [0.25, 0.3) is 0 Å². The summed E-state index contributed by atoms with van der Waals surface area (Å²) in [4.78, 5) is 0. The monoisotopic (exact) mass is 227 g/mol. The molecule has 0 bridgehead atoms. The molecule has 1 saturated heterocycles.